The largest absolute Gasteiger partial charge is 0.493 e. The number of fused-ring (bicyclic) bond motifs is 1. The van der Waals surface area contributed by atoms with E-state index < -0.39 is 27.1 Å². The van der Waals surface area contributed by atoms with Gasteiger partial charge in [-0.05, 0) is 6.07 Å². The Kier molecular flexibility index (Phi) is 4.29. The third-order valence-electron chi connectivity index (χ3n) is 3.85. The summed E-state index contributed by atoms with van der Waals surface area (Å²) in [5.74, 6) is 0.0394. The summed E-state index contributed by atoms with van der Waals surface area (Å²) in [4.78, 5) is 32.8. The summed E-state index contributed by atoms with van der Waals surface area (Å²) in [6.45, 7) is 0.414. The maximum Gasteiger partial charge on any atom is 0.277 e. The summed E-state index contributed by atoms with van der Waals surface area (Å²) in [5, 5.41) is 24.6. The summed E-state index contributed by atoms with van der Waals surface area (Å²) in [7, 11) is 0. The van der Waals surface area contributed by atoms with Gasteiger partial charge in [-0.15, -0.1) is 0 Å². The van der Waals surface area contributed by atoms with E-state index in [4.69, 9.17) is 4.74 Å². The predicted octanol–water partition coefficient (Wildman–Crippen LogP) is 2.76. The molecule has 1 heterocycles. The quantitative estimate of drug-likeness (QED) is 0.672. The Labute approximate surface area is 141 Å². The molecule has 2 aromatic rings. The van der Waals surface area contributed by atoms with Gasteiger partial charge in [0.1, 0.15) is 5.75 Å². The molecule has 1 aliphatic heterocycles. The van der Waals surface area contributed by atoms with Crippen LogP contribution < -0.4 is 10.1 Å². The highest BCUT2D eigenvalue weighted by Gasteiger charge is 2.25. The monoisotopic (exact) mass is 343 g/mol. The van der Waals surface area contributed by atoms with Crippen molar-refractivity contribution in [2.45, 2.75) is 12.5 Å². The molecule has 0 aromatic heterocycles. The summed E-state index contributed by atoms with van der Waals surface area (Å²) in [6.07, 6.45) is 0.528. The maximum atomic E-state index is 12.5. The van der Waals surface area contributed by atoms with Crippen LogP contribution in [0.1, 0.15) is 28.4 Å². The minimum atomic E-state index is -0.770. The van der Waals surface area contributed by atoms with Crippen LogP contribution in [0.4, 0.5) is 11.4 Å². The second-order valence-electron chi connectivity index (χ2n) is 5.45. The number of para-hydroxylation sites is 1. The lowest BCUT2D eigenvalue weighted by Crippen LogP contribution is -2.32. The number of nitro groups is 2. The molecule has 3 rings (SSSR count). The third kappa shape index (κ3) is 3.39. The fourth-order valence-corrected chi connectivity index (χ4v) is 2.67. The Morgan fingerprint density at radius 3 is 2.36 bits per heavy atom. The number of hydrogen-bond acceptors (Lipinski definition) is 6. The average molecular weight is 343 g/mol. The second-order valence-corrected chi connectivity index (χ2v) is 5.45. The molecular weight excluding hydrogens is 330 g/mol. The molecule has 25 heavy (non-hydrogen) atoms. The number of ether oxygens (including phenoxy) is 1. The van der Waals surface area contributed by atoms with E-state index in [0.29, 0.717) is 18.8 Å². The number of rotatable bonds is 4. The van der Waals surface area contributed by atoms with Gasteiger partial charge in [-0.2, -0.15) is 0 Å². The Bertz CT molecular complexity index is 834. The molecule has 0 saturated heterocycles. The fourth-order valence-electron chi connectivity index (χ4n) is 2.67. The van der Waals surface area contributed by atoms with Crippen LogP contribution in [0.25, 0.3) is 0 Å². The number of nitro benzene ring substituents is 2. The number of nitrogens with zero attached hydrogens (tertiary/aromatic N) is 2. The summed E-state index contributed by atoms with van der Waals surface area (Å²) in [5.41, 5.74) is -0.356. The van der Waals surface area contributed by atoms with Gasteiger partial charge < -0.3 is 10.1 Å². The third-order valence-corrected chi connectivity index (χ3v) is 3.85. The Morgan fingerprint density at radius 1 is 1.08 bits per heavy atom. The predicted molar refractivity (Wildman–Crippen MR) is 86.5 cm³/mol. The van der Waals surface area contributed by atoms with E-state index in [1.807, 2.05) is 18.2 Å². The van der Waals surface area contributed by atoms with Crippen molar-refractivity contribution in [3.8, 4) is 5.75 Å². The number of amides is 1. The molecule has 0 bridgehead atoms. The van der Waals surface area contributed by atoms with E-state index >= 15 is 0 Å². The zero-order valence-corrected chi connectivity index (χ0v) is 12.9. The number of benzene rings is 2. The molecular formula is C16H13N3O6. The normalized spacial score (nSPS) is 15.6. The smallest absolute Gasteiger partial charge is 0.277 e. The van der Waals surface area contributed by atoms with Crippen molar-refractivity contribution in [1.29, 1.82) is 0 Å². The summed E-state index contributed by atoms with van der Waals surface area (Å²) < 4.78 is 5.51. The molecule has 9 heteroatoms. The summed E-state index contributed by atoms with van der Waals surface area (Å²) >= 11 is 0. The van der Waals surface area contributed by atoms with Gasteiger partial charge in [0.05, 0.1) is 34.1 Å². The molecule has 0 unspecified atom stereocenters. The van der Waals surface area contributed by atoms with Gasteiger partial charge in [-0.1, -0.05) is 18.2 Å². The second kappa shape index (κ2) is 6.56. The Morgan fingerprint density at radius 2 is 1.72 bits per heavy atom. The molecule has 0 aliphatic carbocycles. The molecule has 2 aromatic carbocycles. The van der Waals surface area contributed by atoms with E-state index in [-0.39, 0.29) is 11.6 Å². The van der Waals surface area contributed by atoms with Gasteiger partial charge in [-0.3, -0.25) is 25.0 Å². The molecule has 1 N–H and O–H groups in total. The van der Waals surface area contributed by atoms with Crippen LogP contribution in [-0.2, 0) is 0 Å². The highest BCUT2D eigenvalue weighted by atomic mass is 16.6. The van der Waals surface area contributed by atoms with Gasteiger partial charge in [-0.25, -0.2) is 0 Å². The van der Waals surface area contributed by atoms with Crippen molar-refractivity contribution in [2.75, 3.05) is 6.61 Å². The van der Waals surface area contributed by atoms with Crippen LogP contribution in [0.15, 0.2) is 42.5 Å². The first-order valence-corrected chi connectivity index (χ1v) is 7.42. The van der Waals surface area contributed by atoms with E-state index in [0.717, 1.165) is 23.8 Å². The van der Waals surface area contributed by atoms with E-state index in [1.165, 1.54) is 0 Å². The lowest BCUT2D eigenvalue weighted by Gasteiger charge is -2.26. The molecule has 1 amide bonds. The minimum absolute atomic E-state index is 0.134. The first kappa shape index (κ1) is 16.4. The van der Waals surface area contributed by atoms with Crippen LogP contribution >= 0.6 is 0 Å². The molecule has 0 fully saturated rings. The lowest BCUT2D eigenvalue weighted by atomic mass is 10.00. The fraction of sp³-hybridized carbons (Fsp3) is 0.188. The lowest BCUT2D eigenvalue weighted by molar-refractivity contribution is -0.394. The van der Waals surface area contributed by atoms with Crippen molar-refractivity contribution in [3.05, 3.63) is 73.8 Å². The van der Waals surface area contributed by atoms with Gasteiger partial charge in [0.2, 0.25) is 0 Å². The first-order valence-electron chi connectivity index (χ1n) is 7.42. The van der Waals surface area contributed by atoms with E-state index in [1.54, 1.807) is 6.07 Å². The highest BCUT2D eigenvalue weighted by Crippen LogP contribution is 2.32. The molecule has 9 nitrogen and oxygen atoms in total. The highest BCUT2D eigenvalue weighted by molar-refractivity contribution is 5.96. The average Bonchev–Trinajstić information content (AvgIpc) is 2.61. The van der Waals surface area contributed by atoms with Crippen LogP contribution in [0.3, 0.4) is 0 Å². The minimum Gasteiger partial charge on any atom is -0.493 e. The van der Waals surface area contributed by atoms with Crippen LogP contribution in [0, 0.1) is 20.2 Å². The zero-order chi connectivity index (χ0) is 18.0. The van der Waals surface area contributed by atoms with Gasteiger partial charge in [0, 0.05) is 24.1 Å². The SMILES string of the molecule is O=C(N[C@H]1CCOc2ccccc21)c1cc([N+](=O)[O-])cc([N+](=O)[O-])c1. The van der Waals surface area contributed by atoms with Crippen molar-refractivity contribution >= 4 is 17.3 Å². The van der Waals surface area contributed by atoms with E-state index in [9.17, 15) is 25.0 Å². The van der Waals surface area contributed by atoms with Gasteiger partial charge >= 0.3 is 0 Å². The topological polar surface area (TPSA) is 125 Å². The molecule has 128 valence electrons. The van der Waals surface area contributed by atoms with Gasteiger partial charge in [0.15, 0.2) is 0 Å². The number of carbonyl (C=O) groups is 1. The number of nitrogens with one attached hydrogen (secondary N) is 1. The van der Waals surface area contributed by atoms with Crippen molar-refractivity contribution < 1.29 is 19.4 Å². The van der Waals surface area contributed by atoms with Crippen LogP contribution in [0.2, 0.25) is 0 Å². The van der Waals surface area contributed by atoms with Gasteiger partial charge in [0.25, 0.3) is 17.3 Å². The molecule has 0 radical (unpaired) electrons. The number of carbonyl (C=O) groups excluding carboxylic acids is 1. The maximum absolute atomic E-state index is 12.5. The molecule has 0 spiro atoms. The standard InChI is InChI=1S/C16H13N3O6/c20-16(10-7-11(18(21)22)9-12(8-10)19(23)24)17-14-5-6-25-15-4-2-1-3-13(14)15/h1-4,7-9,14H,5-6H2,(H,17,20)/t14-/m0/s1. The first-order chi connectivity index (χ1) is 12.0. The molecule has 1 atom stereocenters. The van der Waals surface area contributed by atoms with Crippen molar-refractivity contribution in [3.63, 3.8) is 0 Å². The molecule has 0 saturated carbocycles. The summed E-state index contributed by atoms with van der Waals surface area (Å²) in [6, 6.07) is 9.75. The number of hydrogen-bond donors (Lipinski definition) is 1. The van der Waals surface area contributed by atoms with Crippen molar-refractivity contribution in [2.24, 2.45) is 0 Å². The number of non-ortho nitro benzene ring substituents is 2. The van der Waals surface area contributed by atoms with Crippen LogP contribution in [-0.4, -0.2) is 22.4 Å². The zero-order valence-electron chi connectivity index (χ0n) is 12.9. The Hall–Kier alpha value is -3.49. The van der Waals surface area contributed by atoms with Crippen LogP contribution in [0.5, 0.6) is 5.75 Å². The van der Waals surface area contributed by atoms with Crippen molar-refractivity contribution in [1.82, 2.24) is 5.32 Å². The van der Waals surface area contributed by atoms with E-state index in [2.05, 4.69) is 5.32 Å². The molecule has 1 aliphatic rings. The Balaban J connectivity index is 1.89.